The van der Waals surface area contributed by atoms with Crippen LogP contribution in [0.5, 0.6) is 0 Å². The summed E-state index contributed by atoms with van der Waals surface area (Å²) in [6.07, 6.45) is 8.34. The van der Waals surface area contributed by atoms with Gasteiger partial charge >= 0.3 is 0 Å². The number of hydroxylamine groups is 1. The summed E-state index contributed by atoms with van der Waals surface area (Å²) < 4.78 is 0. The second-order valence-corrected chi connectivity index (χ2v) is 5.71. The van der Waals surface area contributed by atoms with Crippen molar-refractivity contribution >= 4 is 11.9 Å². The molecule has 0 amide bonds. The van der Waals surface area contributed by atoms with Crippen LogP contribution in [-0.2, 0) is 4.84 Å². The number of nitrogens with one attached hydrogen (secondary N) is 2. The molecule has 1 aliphatic heterocycles. The highest BCUT2D eigenvalue weighted by atomic mass is 16.7. The molecule has 0 spiro atoms. The van der Waals surface area contributed by atoms with Crippen LogP contribution in [0.2, 0.25) is 0 Å². The fourth-order valence-corrected chi connectivity index (χ4v) is 2.96. The number of allylic oxidation sites excluding steroid dienone is 1. The third-order valence-electron chi connectivity index (χ3n) is 4.21. The van der Waals surface area contributed by atoms with Gasteiger partial charge in [0.1, 0.15) is 5.82 Å². The van der Waals surface area contributed by atoms with E-state index in [1.807, 2.05) is 26.2 Å². The van der Waals surface area contributed by atoms with Crippen molar-refractivity contribution in [1.29, 1.82) is 0 Å². The number of rotatable bonds is 7. The number of anilines is 1. The molecule has 4 heteroatoms. The maximum Gasteiger partial charge on any atom is 0.137 e. The van der Waals surface area contributed by atoms with Crippen molar-refractivity contribution in [2.24, 2.45) is 0 Å². The van der Waals surface area contributed by atoms with E-state index in [9.17, 15) is 0 Å². The second kappa shape index (κ2) is 7.47. The zero-order chi connectivity index (χ0) is 16.1. The quantitative estimate of drug-likeness (QED) is 0.597. The Morgan fingerprint density at radius 3 is 2.91 bits per heavy atom. The van der Waals surface area contributed by atoms with Crippen LogP contribution < -0.4 is 10.4 Å². The molecular formula is C18H27N3O. The van der Waals surface area contributed by atoms with E-state index in [1.165, 1.54) is 18.4 Å². The summed E-state index contributed by atoms with van der Waals surface area (Å²) in [5.41, 5.74) is 4.51. The molecule has 1 fully saturated rings. The van der Waals surface area contributed by atoms with Gasteiger partial charge in [-0.2, -0.15) is 0 Å². The third-order valence-corrected chi connectivity index (χ3v) is 4.21. The molecule has 2 rings (SSSR count). The molecule has 22 heavy (non-hydrogen) atoms. The van der Waals surface area contributed by atoms with Crippen molar-refractivity contribution in [2.45, 2.75) is 32.7 Å². The maximum atomic E-state index is 5.87. The Morgan fingerprint density at radius 1 is 1.55 bits per heavy atom. The number of aromatic nitrogens is 1. The van der Waals surface area contributed by atoms with Gasteiger partial charge < -0.3 is 10.3 Å². The van der Waals surface area contributed by atoms with Gasteiger partial charge in [-0.05, 0) is 49.9 Å². The molecule has 0 bridgehead atoms. The number of nitrogens with zero attached hydrogens (tertiary/aromatic N) is 1. The summed E-state index contributed by atoms with van der Waals surface area (Å²) in [7, 11) is 1.90. The summed E-state index contributed by atoms with van der Waals surface area (Å²) in [4.78, 5) is 9.09. The van der Waals surface area contributed by atoms with Crippen molar-refractivity contribution in [2.75, 3.05) is 25.3 Å². The average Bonchev–Trinajstić information content (AvgIpc) is 3.15. The Bertz CT molecular complexity index is 565. The minimum Gasteiger partial charge on any atom is -0.346 e. The molecule has 1 atom stereocenters. The smallest absolute Gasteiger partial charge is 0.137 e. The predicted octanol–water partition coefficient (Wildman–Crippen LogP) is 3.59. The lowest BCUT2D eigenvalue weighted by molar-refractivity contribution is 0.142. The summed E-state index contributed by atoms with van der Waals surface area (Å²) in [5, 5.41) is 5.27. The van der Waals surface area contributed by atoms with Gasteiger partial charge in [0, 0.05) is 24.8 Å². The molecule has 1 aromatic heterocycles. The molecule has 120 valence electrons. The number of aryl methyl sites for hydroxylation is 1. The van der Waals surface area contributed by atoms with Gasteiger partial charge in [0.2, 0.25) is 0 Å². The standard InChI is InChI=1S/C18H27N3O/c1-6-15(17-9-8-10-19-17)14(4)12-22-21(5)18-16(7-2)13(3)11-20-18/h6-7,11,17,19-20H,2,4,8-10,12H2,1,3,5H3/b15-6+/t17-/m0/s1. The number of aromatic amines is 1. The van der Waals surface area contributed by atoms with Crippen LogP contribution >= 0.6 is 0 Å². The molecule has 0 unspecified atom stereocenters. The third kappa shape index (κ3) is 3.51. The SMILES string of the molecule is C=Cc1c(C)c[nH]c1N(C)OCC(=C)/C(=C\C)[C@@H]1CCCN1. The highest BCUT2D eigenvalue weighted by Gasteiger charge is 2.20. The monoisotopic (exact) mass is 301 g/mol. The van der Waals surface area contributed by atoms with Gasteiger partial charge in [-0.3, -0.25) is 4.84 Å². The molecule has 1 aromatic rings. The first kappa shape index (κ1) is 16.6. The molecule has 2 N–H and O–H groups in total. The van der Waals surface area contributed by atoms with E-state index in [0.717, 1.165) is 29.1 Å². The van der Waals surface area contributed by atoms with Gasteiger partial charge in [0.15, 0.2) is 0 Å². The van der Waals surface area contributed by atoms with Gasteiger partial charge in [-0.25, -0.2) is 5.06 Å². The van der Waals surface area contributed by atoms with Gasteiger partial charge in [0.05, 0.1) is 6.61 Å². The Kier molecular flexibility index (Phi) is 5.63. The van der Waals surface area contributed by atoms with E-state index in [0.29, 0.717) is 12.6 Å². The summed E-state index contributed by atoms with van der Waals surface area (Å²) >= 11 is 0. The first-order valence-electron chi connectivity index (χ1n) is 7.83. The van der Waals surface area contributed by atoms with Crippen LogP contribution in [-0.4, -0.2) is 31.2 Å². The molecule has 0 aliphatic carbocycles. The van der Waals surface area contributed by atoms with E-state index in [1.54, 1.807) is 5.06 Å². The molecule has 4 nitrogen and oxygen atoms in total. The number of hydrogen-bond donors (Lipinski definition) is 2. The van der Waals surface area contributed by atoms with E-state index < -0.39 is 0 Å². The Hall–Kier alpha value is -1.78. The van der Waals surface area contributed by atoms with Crippen molar-refractivity contribution in [1.82, 2.24) is 10.3 Å². The van der Waals surface area contributed by atoms with Crippen LogP contribution in [0.25, 0.3) is 6.08 Å². The van der Waals surface area contributed by atoms with E-state index in [4.69, 9.17) is 4.84 Å². The topological polar surface area (TPSA) is 40.3 Å². The van der Waals surface area contributed by atoms with Gasteiger partial charge in [-0.1, -0.05) is 25.3 Å². The fraction of sp³-hybridized carbons (Fsp3) is 0.444. The van der Waals surface area contributed by atoms with E-state index >= 15 is 0 Å². The highest BCUT2D eigenvalue weighted by molar-refractivity contribution is 5.65. The van der Waals surface area contributed by atoms with Crippen LogP contribution in [0.1, 0.15) is 30.9 Å². The minimum absolute atomic E-state index is 0.419. The van der Waals surface area contributed by atoms with E-state index in [-0.39, 0.29) is 0 Å². The molecule has 0 saturated carbocycles. The van der Waals surface area contributed by atoms with Gasteiger partial charge in [-0.15, -0.1) is 0 Å². The Labute approximate surface area is 133 Å². The molecular weight excluding hydrogens is 274 g/mol. The Morgan fingerprint density at radius 2 is 2.32 bits per heavy atom. The summed E-state index contributed by atoms with van der Waals surface area (Å²) in [6, 6.07) is 0.419. The largest absolute Gasteiger partial charge is 0.346 e. The van der Waals surface area contributed by atoms with Crippen molar-refractivity contribution in [3.8, 4) is 0 Å². The molecule has 0 radical (unpaired) electrons. The molecule has 1 aliphatic rings. The summed E-state index contributed by atoms with van der Waals surface area (Å²) in [6.45, 7) is 13.7. The predicted molar refractivity (Wildman–Crippen MR) is 93.9 cm³/mol. The number of H-pyrrole nitrogens is 1. The molecule has 2 heterocycles. The van der Waals surface area contributed by atoms with Crippen molar-refractivity contribution < 1.29 is 4.84 Å². The Balaban J connectivity index is 1.96. The summed E-state index contributed by atoms with van der Waals surface area (Å²) in [5.74, 6) is 0.918. The average molecular weight is 301 g/mol. The van der Waals surface area contributed by atoms with Crippen molar-refractivity contribution in [3.63, 3.8) is 0 Å². The fourth-order valence-electron chi connectivity index (χ4n) is 2.96. The van der Waals surface area contributed by atoms with E-state index in [2.05, 4.69) is 36.5 Å². The highest BCUT2D eigenvalue weighted by Crippen LogP contribution is 2.24. The van der Waals surface area contributed by atoms with Crippen LogP contribution in [0.3, 0.4) is 0 Å². The lowest BCUT2D eigenvalue weighted by atomic mass is 9.99. The lowest BCUT2D eigenvalue weighted by Crippen LogP contribution is -2.27. The second-order valence-electron chi connectivity index (χ2n) is 5.71. The zero-order valence-electron chi connectivity index (χ0n) is 13.9. The normalized spacial score (nSPS) is 18.5. The lowest BCUT2D eigenvalue weighted by Gasteiger charge is -2.22. The van der Waals surface area contributed by atoms with Crippen LogP contribution in [0.15, 0.2) is 36.6 Å². The molecule has 1 saturated heterocycles. The van der Waals surface area contributed by atoms with Crippen LogP contribution in [0, 0.1) is 6.92 Å². The minimum atomic E-state index is 0.419. The van der Waals surface area contributed by atoms with Crippen LogP contribution in [0.4, 0.5) is 5.82 Å². The molecule has 0 aromatic carbocycles. The van der Waals surface area contributed by atoms with Crippen molar-refractivity contribution in [3.05, 3.63) is 47.7 Å². The maximum absolute atomic E-state index is 5.87. The van der Waals surface area contributed by atoms with Gasteiger partial charge in [0.25, 0.3) is 0 Å². The first-order chi connectivity index (χ1) is 10.6. The number of hydrogen-bond acceptors (Lipinski definition) is 3. The first-order valence-corrected chi connectivity index (χ1v) is 7.83. The zero-order valence-corrected chi connectivity index (χ0v) is 13.9.